The zero-order valence-corrected chi connectivity index (χ0v) is 9.43. The second kappa shape index (κ2) is 4.19. The third-order valence-electron chi connectivity index (χ3n) is 3.42. The minimum atomic E-state index is -0.858. The van der Waals surface area contributed by atoms with E-state index in [4.69, 9.17) is 5.11 Å². The Bertz CT molecular complexity index is 300. The van der Waals surface area contributed by atoms with E-state index in [1.807, 2.05) is 4.90 Å². The highest BCUT2D eigenvalue weighted by molar-refractivity contribution is 5.76. The van der Waals surface area contributed by atoms with Gasteiger partial charge in [-0.25, -0.2) is 9.59 Å². The molecular weight excluding hydrogens is 210 g/mol. The minimum Gasteiger partial charge on any atom is -0.465 e. The number of carbonyl (C=O) groups is 2. The van der Waals surface area contributed by atoms with Crippen LogP contribution in [-0.4, -0.2) is 71.2 Å². The van der Waals surface area contributed by atoms with Crippen molar-refractivity contribution in [3.63, 3.8) is 0 Å². The van der Waals surface area contributed by atoms with Crippen LogP contribution in [0.5, 0.6) is 0 Å². The van der Waals surface area contributed by atoms with Gasteiger partial charge in [-0.2, -0.15) is 0 Å². The van der Waals surface area contributed by atoms with E-state index in [-0.39, 0.29) is 12.1 Å². The number of nitrogens with zero attached hydrogens (tertiary/aromatic N) is 3. The zero-order valence-electron chi connectivity index (χ0n) is 9.43. The summed E-state index contributed by atoms with van der Waals surface area (Å²) in [6.07, 6.45) is 0.654. The van der Waals surface area contributed by atoms with Crippen LogP contribution in [0, 0.1) is 0 Å². The van der Waals surface area contributed by atoms with Crippen molar-refractivity contribution in [2.45, 2.75) is 18.9 Å². The standard InChI is InChI=1S/C10H17N3O3/c1-11-6-7-13(9(11)14)8-2-4-12(5-3-8)10(15)16/h8H,2-7H2,1H3,(H,15,16). The fraction of sp³-hybridized carbons (Fsp3) is 0.800. The number of piperidine rings is 1. The summed E-state index contributed by atoms with van der Waals surface area (Å²) < 4.78 is 0. The van der Waals surface area contributed by atoms with E-state index in [1.165, 1.54) is 4.90 Å². The third kappa shape index (κ3) is 1.91. The van der Waals surface area contributed by atoms with Crippen molar-refractivity contribution < 1.29 is 14.7 Å². The average Bonchev–Trinajstić information content (AvgIpc) is 2.60. The molecule has 0 bridgehead atoms. The summed E-state index contributed by atoms with van der Waals surface area (Å²) in [4.78, 5) is 27.5. The molecule has 0 aromatic rings. The van der Waals surface area contributed by atoms with Gasteiger partial charge in [-0.15, -0.1) is 0 Å². The quantitative estimate of drug-likeness (QED) is 0.709. The molecule has 2 rings (SSSR count). The van der Waals surface area contributed by atoms with Crippen LogP contribution in [0.3, 0.4) is 0 Å². The van der Waals surface area contributed by atoms with Crippen LogP contribution >= 0.6 is 0 Å². The van der Waals surface area contributed by atoms with Crippen molar-refractivity contribution in [3.8, 4) is 0 Å². The molecular formula is C10H17N3O3. The molecule has 3 amide bonds. The fourth-order valence-electron chi connectivity index (χ4n) is 2.38. The molecule has 2 heterocycles. The topological polar surface area (TPSA) is 64.1 Å². The molecule has 0 spiro atoms. The number of carbonyl (C=O) groups excluding carboxylic acids is 1. The Labute approximate surface area is 94.4 Å². The normalized spacial score (nSPS) is 23.1. The van der Waals surface area contributed by atoms with Crippen LogP contribution in [-0.2, 0) is 0 Å². The molecule has 90 valence electrons. The summed E-state index contributed by atoms with van der Waals surface area (Å²) in [5, 5.41) is 8.82. The molecule has 0 unspecified atom stereocenters. The van der Waals surface area contributed by atoms with Gasteiger partial charge >= 0.3 is 12.1 Å². The van der Waals surface area contributed by atoms with Gasteiger partial charge in [0.15, 0.2) is 0 Å². The van der Waals surface area contributed by atoms with Crippen molar-refractivity contribution in [2.75, 3.05) is 33.2 Å². The SMILES string of the molecule is CN1CCN(C2CCN(C(=O)O)CC2)C1=O. The maximum absolute atomic E-state index is 11.7. The monoisotopic (exact) mass is 227 g/mol. The molecule has 6 heteroatoms. The van der Waals surface area contributed by atoms with Crippen molar-refractivity contribution in [1.29, 1.82) is 0 Å². The second-order valence-corrected chi connectivity index (χ2v) is 4.40. The van der Waals surface area contributed by atoms with Gasteiger partial charge in [-0.3, -0.25) is 0 Å². The summed E-state index contributed by atoms with van der Waals surface area (Å²) in [6.45, 7) is 2.62. The minimum absolute atomic E-state index is 0.0776. The van der Waals surface area contributed by atoms with E-state index in [2.05, 4.69) is 0 Å². The van der Waals surface area contributed by atoms with Gasteiger partial charge in [0.1, 0.15) is 0 Å². The molecule has 0 radical (unpaired) electrons. The lowest BCUT2D eigenvalue weighted by Crippen LogP contribution is -2.47. The first kappa shape index (κ1) is 11.0. The van der Waals surface area contributed by atoms with Crippen molar-refractivity contribution >= 4 is 12.1 Å². The van der Waals surface area contributed by atoms with E-state index < -0.39 is 6.09 Å². The number of likely N-dealkylation sites (N-methyl/N-ethyl adjacent to an activating group) is 1. The third-order valence-corrected chi connectivity index (χ3v) is 3.42. The van der Waals surface area contributed by atoms with E-state index in [1.54, 1.807) is 11.9 Å². The molecule has 0 saturated carbocycles. The van der Waals surface area contributed by atoms with Crippen LogP contribution in [0.15, 0.2) is 0 Å². The lowest BCUT2D eigenvalue weighted by molar-refractivity contribution is 0.110. The van der Waals surface area contributed by atoms with Crippen LogP contribution in [0.4, 0.5) is 9.59 Å². The Balaban J connectivity index is 1.90. The summed E-state index contributed by atoms with van der Waals surface area (Å²) in [6, 6.07) is 0.293. The number of carboxylic acid groups (broad SMARTS) is 1. The molecule has 6 nitrogen and oxygen atoms in total. The zero-order chi connectivity index (χ0) is 11.7. The lowest BCUT2D eigenvalue weighted by atomic mass is 10.0. The van der Waals surface area contributed by atoms with E-state index in [0.29, 0.717) is 13.1 Å². The maximum atomic E-state index is 11.7. The molecule has 0 atom stereocenters. The Hall–Kier alpha value is -1.46. The fourth-order valence-corrected chi connectivity index (χ4v) is 2.38. The van der Waals surface area contributed by atoms with Gasteiger partial charge in [0, 0.05) is 39.3 Å². The molecule has 0 aliphatic carbocycles. The Kier molecular flexibility index (Phi) is 2.89. The number of hydrogen-bond acceptors (Lipinski definition) is 2. The molecule has 2 aliphatic rings. The van der Waals surface area contributed by atoms with Crippen LogP contribution in [0.2, 0.25) is 0 Å². The molecule has 0 aromatic heterocycles. The van der Waals surface area contributed by atoms with E-state index >= 15 is 0 Å². The van der Waals surface area contributed by atoms with Crippen LogP contribution < -0.4 is 0 Å². The van der Waals surface area contributed by atoms with Gasteiger partial charge < -0.3 is 19.8 Å². The first-order chi connectivity index (χ1) is 7.59. The van der Waals surface area contributed by atoms with Crippen molar-refractivity contribution in [3.05, 3.63) is 0 Å². The number of rotatable bonds is 1. The van der Waals surface area contributed by atoms with Gasteiger partial charge in [-0.05, 0) is 12.8 Å². The number of hydrogen-bond donors (Lipinski definition) is 1. The molecule has 0 aromatic carbocycles. The van der Waals surface area contributed by atoms with Gasteiger partial charge in [-0.1, -0.05) is 0 Å². The first-order valence-electron chi connectivity index (χ1n) is 5.59. The highest BCUT2D eigenvalue weighted by atomic mass is 16.4. The Morgan fingerprint density at radius 3 is 2.31 bits per heavy atom. The number of likely N-dealkylation sites (tertiary alicyclic amines) is 1. The van der Waals surface area contributed by atoms with Gasteiger partial charge in [0.05, 0.1) is 0 Å². The Morgan fingerprint density at radius 2 is 1.88 bits per heavy atom. The highest BCUT2D eigenvalue weighted by Gasteiger charge is 2.34. The Morgan fingerprint density at radius 1 is 1.25 bits per heavy atom. The van der Waals surface area contributed by atoms with Crippen LogP contribution in [0.1, 0.15) is 12.8 Å². The smallest absolute Gasteiger partial charge is 0.407 e. The van der Waals surface area contributed by atoms with Gasteiger partial charge in [0.2, 0.25) is 0 Å². The lowest BCUT2D eigenvalue weighted by Gasteiger charge is -2.35. The average molecular weight is 227 g/mol. The molecule has 2 saturated heterocycles. The number of urea groups is 1. The largest absolute Gasteiger partial charge is 0.465 e. The van der Waals surface area contributed by atoms with Crippen molar-refractivity contribution in [2.24, 2.45) is 0 Å². The molecule has 16 heavy (non-hydrogen) atoms. The van der Waals surface area contributed by atoms with E-state index in [9.17, 15) is 9.59 Å². The highest BCUT2D eigenvalue weighted by Crippen LogP contribution is 2.20. The maximum Gasteiger partial charge on any atom is 0.407 e. The van der Waals surface area contributed by atoms with Crippen molar-refractivity contribution in [1.82, 2.24) is 14.7 Å². The van der Waals surface area contributed by atoms with E-state index in [0.717, 1.165) is 25.9 Å². The van der Waals surface area contributed by atoms with Crippen LogP contribution in [0.25, 0.3) is 0 Å². The second-order valence-electron chi connectivity index (χ2n) is 4.40. The summed E-state index contributed by atoms with van der Waals surface area (Å²) in [5.41, 5.74) is 0. The molecule has 1 N–H and O–H groups in total. The summed E-state index contributed by atoms with van der Waals surface area (Å²) in [7, 11) is 1.80. The summed E-state index contributed by atoms with van der Waals surface area (Å²) in [5.74, 6) is 0. The predicted octanol–water partition coefficient (Wildman–Crippen LogP) is 0.496. The predicted molar refractivity (Wildman–Crippen MR) is 57.4 cm³/mol. The molecule has 2 fully saturated rings. The first-order valence-corrected chi connectivity index (χ1v) is 5.59. The molecule has 2 aliphatic heterocycles. The summed E-state index contributed by atoms with van der Waals surface area (Å²) >= 11 is 0. The number of amides is 3. The van der Waals surface area contributed by atoms with Gasteiger partial charge in [0.25, 0.3) is 0 Å².